The van der Waals surface area contributed by atoms with Crippen LogP contribution < -0.4 is 5.32 Å². The predicted molar refractivity (Wildman–Crippen MR) is 52.8 cm³/mol. The van der Waals surface area contributed by atoms with E-state index in [-0.39, 0.29) is 18.0 Å². The second-order valence-corrected chi connectivity index (χ2v) is 3.43. The maximum absolute atomic E-state index is 10.7. The van der Waals surface area contributed by atoms with Crippen molar-refractivity contribution < 1.29 is 14.3 Å². The first-order valence-electron chi connectivity index (χ1n) is 4.48. The number of hydrogen-bond acceptors (Lipinski definition) is 4. The van der Waals surface area contributed by atoms with Gasteiger partial charge in [-0.25, -0.2) is 0 Å². The number of hydrogen-bond donors (Lipinski definition) is 1. The lowest BCUT2D eigenvalue weighted by atomic mass is 10.3. The van der Waals surface area contributed by atoms with Crippen LogP contribution in [0.5, 0.6) is 0 Å². The number of esters is 1. The van der Waals surface area contributed by atoms with Gasteiger partial charge in [0.1, 0.15) is 6.10 Å². The number of rotatable bonds is 5. The molecule has 5 nitrogen and oxygen atoms in total. The molecular weight excluding hydrogens is 184 g/mol. The number of nitrogens with one attached hydrogen (secondary N) is 1. The molecular formula is C9H18N2O3. The van der Waals surface area contributed by atoms with Crippen LogP contribution in [0.1, 0.15) is 13.8 Å². The highest BCUT2D eigenvalue weighted by Crippen LogP contribution is 1.93. The minimum atomic E-state index is -0.331. The first-order chi connectivity index (χ1) is 6.41. The molecule has 0 heterocycles. The van der Waals surface area contributed by atoms with Gasteiger partial charge in [0.05, 0.1) is 6.54 Å². The van der Waals surface area contributed by atoms with E-state index in [9.17, 15) is 9.59 Å². The predicted octanol–water partition coefficient (Wildman–Crippen LogP) is -0.384. The van der Waals surface area contributed by atoms with Gasteiger partial charge in [0.25, 0.3) is 0 Å². The van der Waals surface area contributed by atoms with Gasteiger partial charge < -0.3 is 15.0 Å². The van der Waals surface area contributed by atoms with Crippen molar-refractivity contribution in [3.63, 3.8) is 0 Å². The van der Waals surface area contributed by atoms with E-state index in [1.54, 1.807) is 0 Å². The molecule has 0 bridgehead atoms. The molecule has 0 unspecified atom stereocenters. The van der Waals surface area contributed by atoms with Gasteiger partial charge in [0, 0.05) is 20.4 Å². The fourth-order valence-corrected chi connectivity index (χ4v) is 1.04. The zero-order chi connectivity index (χ0) is 11.1. The molecule has 1 amide bonds. The van der Waals surface area contributed by atoms with Gasteiger partial charge in [0.15, 0.2) is 0 Å². The Bertz CT molecular complexity index is 204. The first-order valence-corrected chi connectivity index (χ1v) is 4.48. The molecule has 0 saturated carbocycles. The van der Waals surface area contributed by atoms with Crippen LogP contribution in [0.4, 0.5) is 0 Å². The number of nitrogens with zero attached hydrogens (tertiary/aromatic N) is 1. The zero-order valence-corrected chi connectivity index (χ0v) is 9.16. The normalized spacial score (nSPS) is 12.4. The maximum Gasteiger partial charge on any atom is 0.303 e. The third-order valence-corrected chi connectivity index (χ3v) is 1.48. The van der Waals surface area contributed by atoms with Crippen molar-refractivity contribution in [1.82, 2.24) is 10.2 Å². The van der Waals surface area contributed by atoms with Crippen LogP contribution in [0.3, 0.4) is 0 Å². The molecule has 82 valence electrons. The Balaban J connectivity index is 3.96. The molecule has 0 aromatic heterocycles. The molecule has 0 saturated heterocycles. The summed E-state index contributed by atoms with van der Waals surface area (Å²) in [5.41, 5.74) is 0. The van der Waals surface area contributed by atoms with Crippen molar-refractivity contribution in [2.75, 3.05) is 27.2 Å². The van der Waals surface area contributed by atoms with E-state index < -0.39 is 0 Å². The summed E-state index contributed by atoms with van der Waals surface area (Å²) in [5, 5.41) is 2.61. The summed E-state index contributed by atoms with van der Waals surface area (Å²) in [4.78, 5) is 23.3. The quantitative estimate of drug-likeness (QED) is 0.617. The highest BCUT2D eigenvalue weighted by Gasteiger charge is 2.13. The molecule has 5 heteroatoms. The van der Waals surface area contributed by atoms with Gasteiger partial charge in [-0.2, -0.15) is 0 Å². The Kier molecular flexibility index (Phi) is 5.87. The van der Waals surface area contributed by atoms with Crippen molar-refractivity contribution in [2.24, 2.45) is 0 Å². The Morgan fingerprint density at radius 2 is 1.93 bits per heavy atom. The molecule has 1 N–H and O–H groups in total. The second kappa shape index (κ2) is 6.37. The van der Waals surface area contributed by atoms with Crippen molar-refractivity contribution in [1.29, 1.82) is 0 Å². The summed E-state index contributed by atoms with van der Waals surface area (Å²) in [6.45, 7) is 3.74. The number of carbonyl (C=O) groups excluding carboxylic acids is 2. The fraction of sp³-hybridized carbons (Fsp3) is 0.778. The van der Waals surface area contributed by atoms with Crippen molar-refractivity contribution in [3.05, 3.63) is 0 Å². The number of carbonyl (C=O) groups is 2. The number of ether oxygens (including phenoxy) is 1. The summed E-state index contributed by atoms with van der Waals surface area (Å²) in [6, 6.07) is 0. The Hall–Kier alpha value is -1.10. The third-order valence-electron chi connectivity index (χ3n) is 1.48. The van der Waals surface area contributed by atoms with E-state index in [0.29, 0.717) is 13.1 Å². The van der Waals surface area contributed by atoms with Crippen LogP contribution in [0.2, 0.25) is 0 Å². The summed E-state index contributed by atoms with van der Waals surface area (Å²) < 4.78 is 5.02. The molecule has 0 aliphatic rings. The van der Waals surface area contributed by atoms with Crippen LogP contribution in [0, 0.1) is 0 Å². The molecule has 0 fully saturated rings. The van der Waals surface area contributed by atoms with Gasteiger partial charge in [-0.15, -0.1) is 0 Å². The molecule has 14 heavy (non-hydrogen) atoms. The Labute approximate surface area is 84.4 Å². The van der Waals surface area contributed by atoms with Gasteiger partial charge in [-0.3, -0.25) is 9.59 Å². The second-order valence-electron chi connectivity index (χ2n) is 3.43. The molecule has 0 aromatic carbocycles. The minimum absolute atomic E-state index is 0.124. The van der Waals surface area contributed by atoms with Crippen LogP contribution in [0.25, 0.3) is 0 Å². The number of likely N-dealkylation sites (N-methyl/N-ethyl adjacent to an activating group) is 1. The lowest BCUT2D eigenvalue weighted by molar-refractivity contribution is -0.147. The largest absolute Gasteiger partial charge is 0.459 e. The van der Waals surface area contributed by atoms with E-state index in [1.807, 2.05) is 19.0 Å². The number of amides is 1. The lowest BCUT2D eigenvalue weighted by Crippen LogP contribution is -2.39. The van der Waals surface area contributed by atoms with Gasteiger partial charge in [-0.05, 0) is 14.1 Å². The summed E-state index contributed by atoms with van der Waals surface area (Å²) in [5.74, 6) is -0.455. The topological polar surface area (TPSA) is 58.6 Å². The molecule has 0 radical (unpaired) electrons. The van der Waals surface area contributed by atoms with Crippen molar-refractivity contribution >= 4 is 11.9 Å². The van der Waals surface area contributed by atoms with Gasteiger partial charge >= 0.3 is 5.97 Å². The van der Waals surface area contributed by atoms with E-state index in [1.165, 1.54) is 13.8 Å². The SMILES string of the molecule is CC(=O)NC[C@@H](CN(C)C)OC(C)=O. The molecule has 0 spiro atoms. The van der Waals surface area contributed by atoms with Gasteiger partial charge in [-0.1, -0.05) is 0 Å². The summed E-state index contributed by atoms with van der Waals surface area (Å²) >= 11 is 0. The highest BCUT2D eigenvalue weighted by molar-refractivity contribution is 5.72. The minimum Gasteiger partial charge on any atom is -0.459 e. The molecule has 1 atom stereocenters. The smallest absolute Gasteiger partial charge is 0.303 e. The van der Waals surface area contributed by atoms with Crippen LogP contribution >= 0.6 is 0 Å². The average Bonchev–Trinajstić information content (AvgIpc) is 1.97. The van der Waals surface area contributed by atoms with Crippen LogP contribution in [-0.2, 0) is 14.3 Å². The highest BCUT2D eigenvalue weighted by atomic mass is 16.5. The molecule has 0 aliphatic heterocycles. The lowest BCUT2D eigenvalue weighted by Gasteiger charge is -2.20. The summed E-state index contributed by atoms with van der Waals surface area (Å²) in [6.07, 6.45) is -0.286. The monoisotopic (exact) mass is 202 g/mol. The molecule has 0 aliphatic carbocycles. The standard InChI is InChI=1S/C9H18N2O3/c1-7(12)10-5-9(6-11(3)4)14-8(2)13/h9H,5-6H2,1-4H3,(H,10,12)/t9-/m0/s1. The van der Waals surface area contributed by atoms with Crippen LogP contribution in [-0.4, -0.2) is 50.1 Å². The fourth-order valence-electron chi connectivity index (χ4n) is 1.04. The van der Waals surface area contributed by atoms with E-state index in [2.05, 4.69) is 5.32 Å². The maximum atomic E-state index is 10.7. The van der Waals surface area contributed by atoms with Gasteiger partial charge in [0.2, 0.25) is 5.91 Å². The molecule has 0 aromatic rings. The molecule has 0 rings (SSSR count). The zero-order valence-electron chi connectivity index (χ0n) is 9.16. The van der Waals surface area contributed by atoms with E-state index in [4.69, 9.17) is 4.74 Å². The third kappa shape index (κ3) is 7.54. The van der Waals surface area contributed by atoms with E-state index in [0.717, 1.165) is 0 Å². The Morgan fingerprint density at radius 3 is 2.29 bits per heavy atom. The van der Waals surface area contributed by atoms with E-state index >= 15 is 0 Å². The summed E-state index contributed by atoms with van der Waals surface area (Å²) in [7, 11) is 3.76. The Morgan fingerprint density at radius 1 is 1.36 bits per heavy atom. The average molecular weight is 202 g/mol. The van der Waals surface area contributed by atoms with Crippen LogP contribution in [0.15, 0.2) is 0 Å². The van der Waals surface area contributed by atoms with Crippen molar-refractivity contribution in [3.8, 4) is 0 Å². The first kappa shape index (κ1) is 12.9. The van der Waals surface area contributed by atoms with Crippen molar-refractivity contribution in [2.45, 2.75) is 20.0 Å².